The predicted octanol–water partition coefficient (Wildman–Crippen LogP) is 4.74. The molecule has 2 aromatic carbocycles. The van der Waals surface area contributed by atoms with Crippen LogP contribution in [0.2, 0.25) is 0 Å². The molecule has 1 saturated heterocycles. The van der Waals surface area contributed by atoms with Gasteiger partial charge in [0.15, 0.2) is 5.17 Å². The van der Waals surface area contributed by atoms with E-state index in [4.69, 9.17) is 0 Å². The Morgan fingerprint density at radius 2 is 1.84 bits per heavy atom. The van der Waals surface area contributed by atoms with E-state index in [1.54, 1.807) is 6.07 Å². The number of halogens is 4. The zero-order valence-electron chi connectivity index (χ0n) is 12.5. The Balaban J connectivity index is 1.84. The SMILES string of the molecule is O=C1NC(=Nc2cccc(C(F)(F)F)c2)S/C1=C/c1cccc(F)c1. The lowest BCUT2D eigenvalue weighted by Gasteiger charge is -2.06. The van der Waals surface area contributed by atoms with E-state index in [0.717, 1.165) is 23.9 Å². The first-order chi connectivity index (χ1) is 11.8. The van der Waals surface area contributed by atoms with Gasteiger partial charge in [0.1, 0.15) is 5.82 Å². The number of benzene rings is 2. The van der Waals surface area contributed by atoms with Crippen molar-refractivity contribution in [2.45, 2.75) is 6.18 Å². The molecule has 0 aromatic heterocycles. The van der Waals surface area contributed by atoms with Gasteiger partial charge in [-0.15, -0.1) is 0 Å². The van der Waals surface area contributed by atoms with E-state index in [2.05, 4.69) is 10.3 Å². The molecule has 0 spiro atoms. The van der Waals surface area contributed by atoms with E-state index in [1.807, 2.05) is 0 Å². The highest BCUT2D eigenvalue weighted by molar-refractivity contribution is 8.18. The van der Waals surface area contributed by atoms with Crippen LogP contribution in [0.15, 0.2) is 58.4 Å². The third-order valence-electron chi connectivity index (χ3n) is 3.20. The minimum absolute atomic E-state index is 0.0737. The van der Waals surface area contributed by atoms with Gasteiger partial charge < -0.3 is 5.32 Å². The van der Waals surface area contributed by atoms with E-state index in [9.17, 15) is 22.4 Å². The first-order valence-corrected chi connectivity index (χ1v) is 7.85. The van der Waals surface area contributed by atoms with Crippen molar-refractivity contribution in [1.82, 2.24) is 5.32 Å². The summed E-state index contributed by atoms with van der Waals surface area (Å²) >= 11 is 0.974. The molecular weight excluding hydrogens is 356 g/mol. The molecule has 0 atom stereocenters. The largest absolute Gasteiger partial charge is 0.416 e. The summed E-state index contributed by atoms with van der Waals surface area (Å²) in [4.78, 5) is 16.2. The minimum Gasteiger partial charge on any atom is -0.300 e. The van der Waals surface area contributed by atoms with Crippen molar-refractivity contribution in [1.29, 1.82) is 0 Å². The smallest absolute Gasteiger partial charge is 0.300 e. The number of thioether (sulfide) groups is 1. The Bertz CT molecular complexity index is 890. The maximum Gasteiger partial charge on any atom is 0.416 e. The van der Waals surface area contributed by atoms with Crippen molar-refractivity contribution in [3.05, 3.63) is 70.4 Å². The highest BCUT2D eigenvalue weighted by atomic mass is 32.2. The van der Waals surface area contributed by atoms with Crippen molar-refractivity contribution < 1.29 is 22.4 Å². The van der Waals surface area contributed by atoms with Crippen LogP contribution < -0.4 is 5.32 Å². The molecule has 1 heterocycles. The van der Waals surface area contributed by atoms with Crippen LogP contribution in [0.3, 0.4) is 0 Å². The Hall–Kier alpha value is -2.61. The summed E-state index contributed by atoms with van der Waals surface area (Å²) in [7, 11) is 0. The minimum atomic E-state index is -4.47. The van der Waals surface area contributed by atoms with Crippen LogP contribution in [-0.2, 0) is 11.0 Å². The van der Waals surface area contributed by atoms with Gasteiger partial charge in [0.25, 0.3) is 5.91 Å². The second kappa shape index (κ2) is 6.72. The quantitative estimate of drug-likeness (QED) is 0.616. The molecule has 1 aliphatic heterocycles. The van der Waals surface area contributed by atoms with Crippen molar-refractivity contribution >= 4 is 34.6 Å². The lowest BCUT2D eigenvalue weighted by molar-refractivity contribution is -0.137. The molecule has 3 nitrogen and oxygen atoms in total. The molecular formula is C17H10F4N2OS. The van der Waals surface area contributed by atoms with E-state index in [-0.39, 0.29) is 15.8 Å². The number of nitrogens with one attached hydrogen (secondary N) is 1. The summed E-state index contributed by atoms with van der Waals surface area (Å²) in [6, 6.07) is 10.2. The zero-order valence-corrected chi connectivity index (χ0v) is 13.3. The van der Waals surface area contributed by atoms with Crippen LogP contribution in [0, 0.1) is 5.82 Å². The Morgan fingerprint density at radius 1 is 1.08 bits per heavy atom. The molecule has 0 saturated carbocycles. The van der Waals surface area contributed by atoms with E-state index < -0.39 is 23.5 Å². The van der Waals surface area contributed by atoms with Gasteiger partial charge >= 0.3 is 6.18 Å². The second-order valence-corrected chi connectivity index (χ2v) is 6.12. The summed E-state index contributed by atoms with van der Waals surface area (Å²) in [5.41, 5.74) is -0.248. The molecule has 1 N–H and O–H groups in total. The van der Waals surface area contributed by atoms with Crippen molar-refractivity contribution in [3.8, 4) is 0 Å². The summed E-state index contributed by atoms with van der Waals surface area (Å²) < 4.78 is 51.3. The number of carbonyl (C=O) groups is 1. The van der Waals surface area contributed by atoms with Crippen LogP contribution in [0.1, 0.15) is 11.1 Å². The highest BCUT2D eigenvalue weighted by Gasteiger charge is 2.30. The zero-order chi connectivity index (χ0) is 18.0. The maximum atomic E-state index is 13.2. The summed E-state index contributed by atoms with van der Waals surface area (Å²) in [5.74, 6) is -0.879. The van der Waals surface area contributed by atoms with Gasteiger partial charge in [-0.1, -0.05) is 18.2 Å². The number of hydrogen-bond acceptors (Lipinski definition) is 3. The standard InChI is InChI=1S/C17H10F4N2OS/c18-12-5-1-3-10(7-12)8-14-15(24)23-16(25-14)22-13-6-2-4-11(9-13)17(19,20)21/h1-9H,(H,22,23,24)/b14-8+. The van der Waals surface area contributed by atoms with E-state index in [0.29, 0.717) is 5.56 Å². The van der Waals surface area contributed by atoms with Gasteiger partial charge in [-0.3, -0.25) is 4.79 Å². The van der Waals surface area contributed by atoms with Crippen LogP contribution in [0.4, 0.5) is 23.2 Å². The first kappa shape index (κ1) is 17.2. The monoisotopic (exact) mass is 366 g/mol. The van der Waals surface area contributed by atoms with Crippen molar-refractivity contribution in [2.75, 3.05) is 0 Å². The number of carbonyl (C=O) groups excluding carboxylic acids is 1. The molecule has 2 aromatic rings. The third kappa shape index (κ3) is 4.27. The molecule has 0 bridgehead atoms. The Morgan fingerprint density at radius 3 is 2.56 bits per heavy atom. The molecule has 0 radical (unpaired) electrons. The van der Waals surface area contributed by atoms with Gasteiger partial charge in [0, 0.05) is 0 Å². The van der Waals surface area contributed by atoms with Crippen LogP contribution >= 0.6 is 11.8 Å². The average Bonchev–Trinajstić information content (AvgIpc) is 2.86. The Kier molecular flexibility index (Phi) is 4.63. The average molecular weight is 366 g/mol. The number of aliphatic imine (C=N–C) groups is 1. The fourth-order valence-electron chi connectivity index (χ4n) is 2.10. The predicted molar refractivity (Wildman–Crippen MR) is 88.6 cm³/mol. The maximum absolute atomic E-state index is 13.2. The molecule has 0 aliphatic carbocycles. The number of amides is 1. The lowest BCUT2D eigenvalue weighted by Crippen LogP contribution is -2.19. The van der Waals surface area contributed by atoms with Crippen molar-refractivity contribution in [2.24, 2.45) is 4.99 Å². The summed E-state index contributed by atoms with van der Waals surface area (Å²) in [6.45, 7) is 0. The number of nitrogens with zero attached hydrogens (tertiary/aromatic N) is 1. The molecule has 1 aliphatic rings. The van der Waals surface area contributed by atoms with Gasteiger partial charge in [0.2, 0.25) is 0 Å². The number of amidine groups is 1. The molecule has 25 heavy (non-hydrogen) atoms. The van der Waals surface area contributed by atoms with Crippen LogP contribution in [-0.4, -0.2) is 11.1 Å². The lowest BCUT2D eigenvalue weighted by atomic mass is 10.2. The van der Waals surface area contributed by atoms with Crippen molar-refractivity contribution in [3.63, 3.8) is 0 Å². The first-order valence-electron chi connectivity index (χ1n) is 7.04. The Labute approximate surface area is 144 Å². The second-order valence-electron chi connectivity index (χ2n) is 5.08. The van der Waals surface area contributed by atoms with E-state index >= 15 is 0 Å². The topological polar surface area (TPSA) is 41.5 Å². The molecule has 1 amide bonds. The normalized spacial score (nSPS) is 18.0. The highest BCUT2D eigenvalue weighted by Crippen LogP contribution is 2.33. The van der Waals surface area contributed by atoms with Crippen LogP contribution in [0.5, 0.6) is 0 Å². The fraction of sp³-hybridized carbons (Fsp3) is 0.0588. The molecule has 128 valence electrons. The molecule has 0 unspecified atom stereocenters. The fourth-order valence-corrected chi connectivity index (χ4v) is 2.94. The molecule has 8 heteroatoms. The van der Waals surface area contributed by atoms with Gasteiger partial charge in [-0.2, -0.15) is 13.2 Å². The number of hydrogen-bond donors (Lipinski definition) is 1. The van der Waals surface area contributed by atoms with Gasteiger partial charge in [-0.05, 0) is 53.7 Å². The summed E-state index contributed by atoms with van der Waals surface area (Å²) in [6.07, 6.45) is -2.98. The van der Waals surface area contributed by atoms with Gasteiger partial charge in [-0.25, -0.2) is 9.38 Å². The third-order valence-corrected chi connectivity index (χ3v) is 4.11. The van der Waals surface area contributed by atoms with E-state index in [1.165, 1.54) is 36.4 Å². The number of alkyl halides is 3. The summed E-state index contributed by atoms with van der Waals surface area (Å²) in [5, 5.41) is 2.64. The van der Waals surface area contributed by atoms with Gasteiger partial charge in [0.05, 0.1) is 16.2 Å². The number of rotatable bonds is 2. The molecule has 3 rings (SSSR count). The van der Waals surface area contributed by atoms with Crippen LogP contribution in [0.25, 0.3) is 6.08 Å². The molecule has 1 fully saturated rings.